The standard InChI is InChI=1S/C19H27FN2O2/c1-12-9-13(20)5-8-17(12)21-14-10-15-6-7-16(11-14)22(15)18(23)24-19(2,3)4/h5,8-9,14-16,21H,6-7,10-11H2,1-4H3. The first-order chi connectivity index (χ1) is 11.2. The Labute approximate surface area is 143 Å². The van der Waals surface area contributed by atoms with E-state index in [1.807, 2.05) is 32.6 Å². The van der Waals surface area contributed by atoms with E-state index in [9.17, 15) is 9.18 Å². The van der Waals surface area contributed by atoms with Gasteiger partial charge < -0.3 is 15.0 Å². The molecule has 5 heteroatoms. The van der Waals surface area contributed by atoms with Gasteiger partial charge in [0.15, 0.2) is 0 Å². The summed E-state index contributed by atoms with van der Waals surface area (Å²) in [5.74, 6) is -0.210. The Morgan fingerprint density at radius 2 is 1.88 bits per heavy atom. The number of fused-ring (bicyclic) bond motifs is 2. The molecule has 4 nitrogen and oxygen atoms in total. The van der Waals surface area contributed by atoms with Gasteiger partial charge in [0.1, 0.15) is 11.4 Å². The molecule has 1 amide bonds. The highest BCUT2D eigenvalue weighted by Crippen LogP contribution is 2.38. The van der Waals surface area contributed by atoms with Gasteiger partial charge in [-0.05, 0) is 77.1 Å². The van der Waals surface area contributed by atoms with Gasteiger partial charge in [0.25, 0.3) is 0 Å². The van der Waals surface area contributed by atoms with Gasteiger partial charge in [-0.15, -0.1) is 0 Å². The molecule has 0 saturated carbocycles. The Bertz CT molecular complexity index is 612. The lowest BCUT2D eigenvalue weighted by Gasteiger charge is -2.40. The number of rotatable bonds is 2. The van der Waals surface area contributed by atoms with Crippen LogP contribution in [0.4, 0.5) is 14.9 Å². The highest BCUT2D eigenvalue weighted by molar-refractivity contribution is 5.69. The minimum Gasteiger partial charge on any atom is -0.444 e. The topological polar surface area (TPSA) is 41.6 Å². The number of anilines is 1. The van der Waals surface area contributed by atoms with Crippen molar-refractivity contribution in [3.63, 3.8) is 0 Å². The van der Waals surface area contributed by atoms with Gasteiger partial charge >= 0.3 is 6.09 Å². The molecule has 1 aromatic rings. The average Bonchev–Trinajstić information content (AvgIpc) is 2.72. The SMILES string of the molecule is Cc1cc(F)ccc1NC1CC2CCC(C1)N2C(=O)OC(C)(C)C. The number of carbonyl (C=O) groups excluding carboxylic acids is 1. The number of aryl methyl sites for hydroxylation is 1. The first-order valence-electron chi connectivity index (χ1n) is 8.77. The van der Waals surface area contributed by atoms with Crippen molar-refractivity contribution in [2.45, 2.75) is 77.1 Å². The molecule has 0 aromatic heterocycles. The number of hydrogen-bond acceptors (Lipinski definition) is 3. The normalized spacial score (nSPS) is 26.4. The molecular formula is C19H27FN2O2. The summed E-state index contributed by atoms with van der Waals surface area (Å²) >= 11 is 0. The van der Waals surface area contributed by atoms with Crippen molar-refractivity contribution < 1.29 is 13.9 Å². The van der Waals surface area contributed by atoms with Crippen LogP contribution < -0.4 is 5.32 Å². The second kappa shape index (κ2) is 6.26. The molecule has 2 unspecified atom stereocenters. The van der Waals surface area contributed by atoms with E-state index >= 15 is 0 Å². The van der Waals surface area contributed by atoms with Gasteiger partial charge in [-0.3, -0.25) is 0 Å². The smallest absolute Gasteiger partial charge is 0.410 e. The zero-order chi connectivity index (χ0) is 17.5. The van der Waals surface area contributed by atoms with Crippen LogP contribution in [0.25, 0.3) is 0 Å². The number of nitrogens with zero attached hydrogens (tertiary/aromatic N) is 1. The van der Waals surface area contributed by atoms with Crippen molar-refractivity contribution in [1.29, 1.82) is 0 Å². The summed E-state index contributed by atoms with van der Waals surface area (Å²) in [5, 5.41) is 3.54. The lowest BCUT2D eigenvalue weighted by molar-refractivity contribution is 0.00683. The van der Waals surface area contributed by atoms with Crippen LogP contribution in [-0.2, 0) is 4.74 Å². The second-order valence-corrected chi connectivity index (χ2v) is 8.04. The summed E-state index contributed by atoms with van der Waals surface area (Å²) in [6.07, 6.45) is 3.69. The fourth-order valence-corrected chi connectivity index (χ4v) is 3.92. The maximum atomic E-state index is 13.2. The fourth-order valence-electron chi connectivity index (χ4n) is 3.92. The molecule has 2 bridgehead atoms. The monoisotopic (exact) mass is 334 g/mol. The van der Waals surface area contributed by atoms with E-state index in [1.165, 1.54) is 6.07 Å². The molecular weight excluding hydrogens is 307 g/mol. The maximum absolute atomic E-state index is 13.2. The molecule has 0 radical (unpaired) electrons. The molecule has 0 spiro atoms. The van der Waals surface area contributed by atoms with Crippen LogP contribution in [0.1, 0.15) is 52.0 Å². The number of amides is 1. The van der Waals surface area contributed by atoms with E-state index in [-0.39, 0.29) is 24.0 Å². The number of nitrogens with one attached hydrogen (secondary N) is 1. The Balaban J connectivity index is 1.66. The van der Waals surface area contributed by atoms with Crippen molar-refractivity contribution in [2.75, 3.05) is 5.32 Å². The van der Waals surface area contributed by atoms with E-state index in [0.29, 0.717) is 6.04 Å². The lowest BCUT2D eigenvalue weighted by atomic mass is 9.97. The molecule has 2 heterocycles. The zero-order valence-corrected chi connectivity index (χ0v) is 14.9. The Morgan fingerprint density at radius 1 is 1.25 bits per heavy atom. The van der Waals surface area contributed by atoms with Crippen LogP contribution in [0, 0.1) is 12.7 Å². The van der Waals surface area contributed by atoms with Gasteiger partial charge in [0, 0.05) is 23.8 Å². The van der Waals surface area contributed by atoms with E-state index in [0.717, 1.165) is 36.9 Å². The minimum absolute atomic E-state index is 0.189. The van der Waals surface area contributed by atoms with Crippen LogP contribution >= 0.6 is 0 Å². The third kappa shape index (κ3) is 3.65. The molecule has 1 N–H and O–H groups in total. The molecule has 132 valence electrons. The molecule has 2 atom stereocenters. The van der Waals surface area contributed by atoms with Gasteiger partial charge in [-0.1, -0.05) is 0 Å². The molecule has 2 saturated heterocycles. The number of ether oxygens (including phenoxy) is 1. The van der Waals surface area contributed by atoms with Gasteiger partial charge in [-0.2, -0.15) is 0 Å². The van der Waals surface area contributed by atoms with Crippen molar-refractivity contribution in [1.82, 2.24) is 4.90 Å². The molecule has 24 heavy (non-hydrogen) atoms. The van der Waals surface area contributed by atoms with Gasteiger partial charge in [0.2, 0.25) is 0 Å². The Hall–Kier alpha value is -1.78. The summed E-state index contributed by atoms with van der Waals surface area (Å²) in [5.41, 5.74) is 1.43. The van der Waals surface area contributed by atoms with Crippen LogP contribution in [0.3, 0.4) is 0 Å². The fraction of sp³-hybridized carbons (Fsp3) is 0.632. The van der Waals surface area contributed by atoms with E-state index in [4.69, 9.17) is 4.74 Å². The molecule has 2 aliphatic rings. The lowest BCUT2D eigenvalue weighted by Crippen LogP contribution is -2.51. The molecule has 2 fully saturated rings. The summed E-state index contributed by atoms with van der Waals surface area (Å²) in [6.45, 7) is 7.62. The zero-order valence-electron chi connectivity index (χ0n) is 14.9. The number of carbonyl (C=O) groups is 1. The average molecular weight is 334 g/mol. The summed E-state index contributed by atoms with van der Waals surface area (Å²) < 4.78 is 18.8. The van der Waals surface area contributed by atoms with Crippen molar-refractivity contribution in [2.24, 2.45) is 0 Å². The van der Waals surface area contributed by atoms with Gasteiger partial charge in [0.05, 0.1) is 0 Å². The number of piperidine rings is 1. The predicted molar refractivity (Wildman–Crippen MR) is 92.7 cm³/mol. The molecule has 1 aromatic carbocycles. The maximum Gasteiger partial charge on any atom is 0.410 e. The quantitative estimate of drug-likeness (QED) is 0.867. The minimum atomic E-state index is -0.461. The highest BCUT2D eigenvalue weighted by Gasteiger charge is 2.44. The second-order valence-electron chi connectivity index (χ2n) is 8.04. The largest absolute Gasteiger partial charge is 0.444 e. The van der Waals surface area contributed by atoms with Crippen LogP contribution in [0.5, 0.6) is 0 Å². The van der Waals surface area contributed by atoms with E-state index in [1.54, 1.807) is 12.1 Å². The third-order valence-electron chi connectivity index (χ3n) is 4.89. The summed E-state index contributed by atoms with van der Waals surface area (Å²) in [6, 6.07) is 5.61. The molecule has 3 rings (SSSR count). The van der Waals surface area contributed by atoms with Crippen molar-refractivity contribution in [3.05, 3.63) is 29.6 Å². The van der Waals surface area contributed by atoms with E-state index in [2.05, 4.69) is 5.32 Å². The first-order valence-corrected chi connectivity index (χ1v) is 8.77. The number of benzene rings is 1. The van der Waals surface area contributed by atoms with Gasteiger partial charge in [-0.25, -0.2) is 9.18 Å². The van der Waals surface area contributed by atoms with Crippen molar-refractivity contribution in [3.8, 4) is 0 Å². The summed E-state index contributed by atoms with van der Waals surface area (Å²) in [4.78, 5) is 14.4. The first kappa shape index (κ1) is 17.1. The van der Waals surface area contributed by atoms with Crippen LogP contribution in [0.15, 0.2) is 18.2 Å². The Kier molecular flexibility index (Phi) is 4.45. The third-order valence-corrected chi connectivity index (χ3v) is 4.89. The molecule has 2 aliphatic heterocycles. The summed E-state index contributed by atoms with van der Waals surface area (Å²) in [7, 11) is 0. The number of hydrogen-bond donors (Lipinski definition) is 1. The highest BCUT2D eigenvalue weighted by atomic mass is 19.1. The number of halogens is 1. The molecule has 0 aliphatic carbocycles. The van der Waals surface area contributed by atoms with Crippen LogP contribution in [-0.4, -0.2) is 34.7 Å². The van der Waals surface area contributed by atoms with Crippen molar-refractivity contribution >= 4 is 11.8 Å². The Morgan fingerprint density at radius 3 is 2.42 bits per heavy atom. The predicted octanol–water partition coefficient (Wildman–Crippen LogP) is 4.48. The van der Waals surface area contributed by atoms with E-state index < -0.39 is 5.60 Å². The van der Waals surface area contributed by atoms with Crippen LogP contribution in [0.2, 0.25) is 0 Å².